The fourth-order valence-corrected chi connectivity index (χ4v) is 4.84. The van der Waals surface area contributed by atoms with Crippen molar-refractivity contribution in [3.05, 3.63) is 39.8 Å². The van der Waals surface area contributed by atoms with Gasteiger partial charge in [-0.3, -0.25) is 9.59 Å². The first-order valence-corrected chi connectivity index (χ1v) is 14.3. The van der Waals surface area contributed by atoms with Gasteiger partial charge in [-0.2, -0.15) is 16.4 Å². The van der Waals surface area contributed by atoms with Crippen LogP contribution in [0.25, 0.3) is 0 Å². The maximum Gasteiger partial charge on any atom is 0.325 e. The lowest BCUT2D eigenvalue weighted by atomic mass is 10.1. The van der Waals surface area contributed by atoms with Gasteiger partial charge in [0.15, 0.2) is 5.00 Å². The van der Waals surface area contributed by atoms with Crippen molar-refractivity contribution in [2.75, 3.05) is 18.1 Å². The van der Waals surface area contributed by atoms with Gasteiger partial charge in [0.2, 0.25) is 0 Å². The topological polar surface area (TPSA) is 163 Å². The molecule has 1 aromatic carbocycles. The number of azo groups is 1. The van der Waals surface area contributed by atoms with E-state index in [2.05, 4.69) is 52.0 Å². The van der Waals surface area contributed by atoms with Gasteiger partial charge in [0.25, 0.3) is 0 Å². The number of hydrogen-bond donors (Lipinski definition) is 1. The number of nitrogens with two attached hydrogens (primary N) is 1. The van der Waals surface area contributed by atoms with E-state index in [1.807, 2.05) is 26.0 Å². The number of carbonyl (C=O) groups is 2. The molecule has 11 nitrogen and oxygen atoms in total. The van der Waals surface area contributed by atoms with Crippen LogP contribution in [0, 0.1) is 36.5 Å². The SMILES string of the molecule is Cc1cc(N(CCC(C)OCCC(C)OC(=O)CCC(=O)ON)C(C)C)ccc1N=Nc1sc(C#N)c(C)c1C#N. The maximum atomic E-state index is 11.8. The molecule has 0 aliphatic carbocycles. The molecule has 0 bridgehead atoms. The molecule has 0 saturated carbocycles. The van der Waals surface area contributed by atoms with E-state index in [1.165, 1.54) is 0 Å². The third kappa shape index (κ3) is 10.3. The van der Waals surface area contributed by atoms with Crippen molar-refractivity contribution in [1.82, 2.24) is 0 Å². The number of benzene rings is 1. The summed E-state index contributed by atoms with van der Waals surface area (Å²) in [6, 6.07) is 10.4. The van der Waals surface area contributed by atoms with Crippen LogP contribution in [-0.2, 0) is 23.9 Å². The zero-order chi connectivity index (χ0) is 30.5. The number of hydrogen-bond acceptors (Lipinski definition) is 12. The predicted molar refractivity (Wildman–Crippen MR) is 156 cm³/mol. The Balaban J connectivity index is 1.91. The van der Waals surface area contributed by atoms with Gasteiger partial charge in [-0.25, -0.2) is 0 Å². The third-order valence-electron chi connectivity index (χ3n) is 6.43. The molecule has 0 amide bonds. The summed E-state index contributed by atoms with van der Waals surface area (Å²) >= 11 is 1.16. The summed E-state index contributed by atoms with van der Waals surface area (Å²) in [5, 5.41) is 27.8. The minimum atomic E-state index is -0.658. The highest BCUT2D eigenvalue weighted by Crippen LogP contribution is 2.36. The maximum absolute atomic E-state index is 11.8. The van der Waals surface area contributed by atoms with Gasteiger partial charge in [-0.05, 0) is 77.3 Å². The number of ether oxygens (including phenoxy) is 2. The van der Waals surface area contributed by atoms with Crippen LogP contribution in [0.2, 0.25) is 0 Å². The van der Waals surface area contributed by atoms with Crippen molar-refractivity contribution >= 4 is 39.7 Å². The van der Waals surface area contributed by atoms with Crippen LogP contribution in [0.5, 0.6) is 0 Å². The second-order valence-electron chi connectivity index (χ2n) is 9.97. The lowest BCUT2D eigenvalue weighted by Crippen LogP contribution is -2.33. The zero-order valence-electron chi connectivity index (χ0n) is 24.5. The summed E-state index contributed by atoms with van der Waals surface area (Å²) < 4.78 is 11.2. The molecule has 0 aliphatic rings. The van der Waals surface area contributed by atoms with E-state index in [9.17, 15) is 20.1 Å². The number of nitrogens with zero attached hydrogens (tertiary/aromatic N) is 5. The molecule has 220 valence electrons. The molecule has 2 rings (SSSR count). The molecule has 0 saturated heterocycles. The molecule has 41 heavy (non-hydrogen) atoms. The molecular weight excluding hydrogens is 544 g/mol. The van der Waals surface area contributed by atoms with E-state index in [1.54, 1.807) is 13.8 Å². The average Bonchev–Trinajstić information content (AvgIpc) is 3.24. The summed E-state index contributed by atoms with van der Waals surface area (Å²) in [5.74, 6) is 3.62. The van der Waals surface area contributed by atoms with Gasteiger partial charge in [0, 0.05) is 24.7 Å². The highest BCUT2D eigenvalue weighted by molar-refractivity contribution is 7.16. The van der Waals surface area contributed by atoms with Crippen LogP contribution in [0.4, 0.5) is 16.4 Å². The number of aryl methyl sites for hydroxylation is 1. The monoisotopic (exact) mass is 582 g/mol. The van der Waals surface area contributed by atoms with Gasteiger partial charge in [-0.1, -0.05) is 0 Å². The first kappa shape index (κ1) is 33.4. The van der Waals surface area contributed by atoms with Crippen molar-refractivity contribution in [1.29, 1.82) is 10.5 Å². The Morgan fingerprint density at radius 2 is 1.73 bits per heavy atom. The smallest absolute Gasteiger partial charge is 0.325 e. The quantitative estimate of drug-likeness (QED) is 0.149. The molecule has 2 unspecified atom stereocenters. The molecule has 12 heteroatoms. The van der Waals surface area contributed by atoms with Crippen molar-refractivity contribution in [2.24, 2.45) is 16.1 Å². The van der Waals surface area contributed by atoms with E-state index >= 15 is 0 Å². The van der Waals surface area contributed by atoms with Crippen LogP contribution in [0.15, 0.2) is 28.4 Å². The van der Waals surface area contributed by atoms with E-state index < -0.39 is 11.9 Å². The Hall–Kier alpha value is -3.84. The minimum Gasteiger partial charge on any atom is -0.463 e. The lowest BCUT2D eigenvalue weighted by molar-refractivity contribution is -0.154. The first-order chi connectivity index (χ1) is 19.5. The number of rotatable bonds is 15. The first-order valence-electron chi connectivity index (χ1n) is 13.4. The van der Waals surface area contributed by atoms with Gasteiger partial charge < -0.3 is 19.2 Å². The van der Waals surface area contributed by atoms with Gasteiger partial charge >= 0.3 is 11.9 Å². The summed E-state index contributed by atoms with van der Waals surface area (Å²) in [6.07, 6.45) is 0.804. The van der Waals surface area contributed by atoms with Crippen molar-refractivity contribution in [2.45, 2.75) is 85.5 Å². The molecule has 0 aliphatic heterocycles. The van der Waals surface area contributed by atoms with Crippen LogP contribution in [-0.4, -0.2) is 43.3 Å². The second-order valence-corrected chi connectivity index (χ2v) is 11.0. The van der Waals surface area contributed by atoms with E-state index in [0.29, 0.717) is 39.7 Å². The third-order valence-corrected chi connectivity index (χ3v) is 7.51. The normalized spacial score (nSPS) is 12.5. The van der Waals surface area contributed by atoms with Crippen molar-refractivity contribution < 1.29 is 23.9 Å². The molecule has 0 radical (unpaired) electrons. The number of carbonyl (C=O) groups excluding carboxylic acids is 2. The Kier molecular flexibility index (Phi) is 13.4. The molecule has 2 aromatic rings. The van der Waals surface area contributed by atoms with Gasteiger partial charge in [0.1, 0.15) is 23.1 Å². The molecular formula is C29H38N6O5S. The highest BCUT2D eigenvalue weighted by Gasteiger charge is 2.17. The molecule has 1 aromatic heterocycles. The largest absolute Gasteiger partial charge is 0.463 e. The van der Waals surface area contributed by atoms with E-state index in [4.69, 9.17) is 15.4 Å². The Morgan fingerprint density at radius 1 is 1.02 bits per heavy atom. The van der Waals surface area contributed by atoms with Crippen LogP contribution >= 0.6 is 11.3 Å². The van der Waals surface area contributed by atoms with E-state index in [0.717, 1.165) is 35.6 Å². The number of nitriles is 2. The summed E-state index contributed by atoms with van der Waals surface area (Å²) in [7, 11) is 0. The Labute approximate surface area is 245 Å². The van der Waals surface area contributed by atoms with Crippen LogP contribution < -0.4 is 10.8 Å². The van der Waals surface area contributed by atoms with Crippen molar-refractivity contribution in [3.63, 3.8) is 0 Å². The number of anilines is 1. The zero-order valence-corrected chi connectivity index (χ0v) is 25.3. The molecule has 0 spiro atoms. The van der Waals surface area contributed by atoms with Gasteiger partial charge in [-0.15, -0.1) is 21.6 Å². The highest BCUT2D eigenvalue weighted by atomic mass is 32.1. The average molecular weight is 583 g/mol. The molecule has 2 N–H and O–H groups in total. The van der Waals surface area contributed by atoms with E-state index in [-0.39, 0.29) is 31.1 Å². The number of thiophene rings is 1. The second kappa shape index (κ2) is 16.4. The fraction of sp³-hybridized carbons (Fsp3) is 0.517. The number of esters is 1. The molecule has 0 fully saturated rings. The molecule has 1 heterocycles. The minimum absolute atomic E-state index is 0.00506. The molecule has 2 atom stereocenters. The predicted octanol–water partition coefficient (Wildman–Crippen LogP) is 6.05. The van der Waals surface area contributed by atoms with Crippen LogP contribution in [0.1, 0.15) is 74.9 Å². The van der Waals surface area contributed by atoms with Gasteiger partial charge in [0.05, 0.1) is 36.8 Å². The summed E-state index contributed by atoms with van der Waals surface area (Å²) in [6.45, 7) is 13.0. The lowest BCUT2D eigenvalue weighted by Gasteiger charge is -2.30. The fourth-order valence-electron chi connectivity index (χ4n) is 3.97. The summed E-state index contributed by atoms with van der Waals surface area (Å²) in [5.41, 5.74) is 3.70. The Bertz CT molecular complexity index is 1310. The standard InChI is InChI=1S/C29H38N6O5S/c1-18(2)35(13-11-20(4)38-14-12-21(5)39-27(36)9-10-28(37)40-32)23-7-8-25(19(3)15-23)33-34-29-24(16-30)22(6)26(17-31)41-29/h7-8,15,18,20-21H,9-14,32H2,1-6H3. The van der Waals surface area contributed by atoms with Crippen LogP contribution in [0.3, 0.4) is 0 Å². The summed E-state index contributed by atoms with van der Waals surface area (Å²) in [4.78, 5) is 29.6. The Morgan fingerprint density at radius 3 is 2.34 bits per heavy atom. The van der Waals surface area contributed by atoms with Crippen molar-refractivity contribution in [3.8, 4) is 12.1 Å².